The normalized spacial score (nSPS) is 10.5. The second kappa shape index (κ2) is 16.3. The molecule has 1 unspecified atom stereocenters. The van der Waals surface area contributed by atoms with Crippen LogP contribution in [-0.2, 0) is 9.59 Å². The molecule has 0 aromatic carbocycles. The molecule has 0 bridgehead atoms. The maximum atomic E-state index is 11.2. The number of amides is 1. The molecule has 104 valence electrons. The fourth-order valence-electron chi connectivity index (χ4n) is 0.826. The number of carboxylic acid groups (broad SMARTS) is 1. The van der Waals surface area contributed by atoms with E-state index in [1.54, 1.807) is 0 Å². The molecular formula is C9H16Ca2Cl2NO5+. The summed E-state index contributed by atoms with van der Waals surface area (Å²) in [5, 5.41) is 30.6. The molecule has 6 nitrogen and oxygen atoms in total. The molecule has 0 rings (SSSR count). The summed E-state index contributed by atoms with van der Waals surface area (Å²) in [6, 6.07) is 0. The second-order valence-corrected chi connectivity index (χ2v) is 3.96. The molecule has 0 aromatic rings. The zero-order chi connectivity index (χ0) is 12.1. The first-order chi connectivity index (χ1) is 6.81. The molecule has 0 aliphatic rings. The average molecular weight is 369 g/mol. The molecule has 0 saturated carbocycles. The first-order valence-electron chi connectivity index (χ1n) is 4.57. The molecule has 0 aliphatic heterocycles. The van der Waals surface area contributed by atoms with Gasteiger partial charge in [0.1, 0.15) is 6.10 Å². The van der Waals surface area contributed by atoms with E-state index in [4.69, 9.17) is 5.11 Å². The Hall–Kier alpha value is 1.96. The predicted molar refractivity (Wildman–Crippen MR) is 61.0 cm³/mol. The molecule has 10 heteroatoms. The van der Waals surface area contributed by atoms with Gasteiger partial charge in [-0.2, -0.15) is 0 Å². The topological polar surface area (TPSA) is 110 Å². The summed E-state index contributed by atoms with van der Waals surface area (Å²) in [7, 11) is 0. The van der Waals surface area contributed by atoms with E-state index in [0.29, 0.717) is 0 Å². The summed E-state index contributed by atoms with van der Waals surface area (Å²) in [5.74, 6) is -1.97. The summed E-state index contributed by atoms with van der Waals surface area (Å²) in [6.45, 7) is 2.60. The van der Waals surface area contributed by atoms with Crippen molar-refractivity contribution in [2.45, 2.75) is 26.4 Å². The van der Waals surface area contributed by atoms with Gasteiger partial charge in [-0.3, -0.25) is 4.79 Å². The van der Waals surface area contributed by atoms with Crippen LogP contribution in [0.4, 0.5) is 0 Å². The summed E-state index contributed by atoms with van der Waals surface area (Å²) in [5.41, 5.74) is -0.953. The number of hydrogen-bond acceptors (Lipinski definition) is 5. The van der Waals surface area contributed by atoms with E-state index < -0.39 is 23.4 Å². The molecule has 1 amide bonds. The Morgan fingerprint density at radius 2 is 1.68 bits per heavy atom. The van der Waals surface area contributed by atoms with Gasteiger partial charge in [0.05, 0.1) is 6.61 Å². The maximum Gasteiger partial charge on any atom is 2.00 e. The molecule has 1 atom stereocenters. The number of aliphatic hydroxyl groups excluding tert-OH is 2. The number of hydrogen-bond donors (Lipinski definition) is 3. The number of aliphatic hydroxyl groups is 2. The van der Waals surface area contributed by atoms with Crippen LogP contribution in [-0.4, -0.2) is 117 Å². The SMILES string of the molecule is CC(C)(CO)C(O)C(=O)NCCC(=O)[O-].[Ca+2].[Ca+2].[Cl-].[Cl-]. The number of aliphatic carboxylic acids is 1. The molecule has 0 heterocycles. The van der Waals surface area contributed by atoms with Crippen LogP contribution in [0.15, 0.2) is 0 Å². The minimum atomic E-state index is -1.37. The molecule has 0 spiro atoms. The number of rotatable bonds is 6. The van der Waals surface area contributed by atoms with E-state index in [2.05, 4.69) is 5.32 Å². The van der Waals surface area contributed by atoms with Crippen molar-refractivity contribution >= 4 is 87.4 Å². The molecule has 19 heavy (non-hydrogen) atoms. The van der Waals surface area contributed by atoms with Crippen LogP contribution in [0.25, 0.3) is 0 Å². The summed E-state index contributed by atoms with van der Waals surface area (Å²) in [6.07, 6.45) is -1.68. The van der Waals surface area contributed by atoms with Crippen molar-refractivity contribution in [1.82, 2.24) is 5.32 Å². The van der Waals surface area contributed by atoms with Gasteiger partial charge in [-0.05, 0) is 0 Å². The van der Waals surface area contributed by atoms with Crippen molar-refractivity contribution in [1.29, 1.82) is 0 Å². The van der Waals surface area contributed by atoms with Crippen LogP contribution < -0.4 is 35.2 Å². The van der Waals surface area contributed by atoms with Crippen molar-refractivity contribution in [2.75, 3.05) is 13.2 Å². The number of carbonyl (C=O) groups excluding carboxylic acids is 2. The molecule has 0 aromatic heterocycles. The smallest absolute Gasteiger partial charge is 1.00 e. The number of carboxylic acids is 1. The molecule has 0 saturated heterocycles. The molecule has 0 radical (unpaired) electrons. The van der Waals surface area contributed by atoms with Gasteiger partial charge in [-0.25, -0.2) is 0 Å². The van der Waals surface area contributed by atoms with Crippen LogP contribution in [0.2, 0.25) is 0 Å². The standard InChI is InChI=1S/C9H17NO5.2Ca.2ClH/c1-9(2,5-11)7(14)8(15)10-4-3-6(12)13;;;;/h7,11,14H,3-5H2,1-2H3,(H,10,15)(H,12,13);;;2*1H/q;2*+2;;/p-3. The van der Waals surface area contributed by atoms with Gasteiger partial charge in [0, 0.05) is 24.3 Å². The molecular weight excluding hydrogens is 353 g/mol. The van der Waals surface area contributed by atoms with Crippen molar-refractivity contribution in [3.8, 4) is 0 Å². The van der Waals surface area contributed by atoms with E-state index in [1.807, 2.05) is 0 Å². The Morgan fingerprint density at radius 3 is 2.00 bits per heavy atom. The Labute approximate surface area is 184 Å². The first kappa shape index (κ1) is 32.8. The minimum Gasteiger partial charge on any atom is -1.00 e. The van der Waals surface area contributed by atoms with Crippen LogP contribution in [0.5, 0.6) is 0 Å². The molecule has 0 fully saturated rings. The Balaban J connectivity index is -0.000000163. The first-order valence-corrected chi connectivity index (χ1v) is 4.57. The fraction of sp³-hybridized carbons (Fsp3) is 0.778. The van der Waals surface area contributed by atoms with Crippen molar-refractivity contribution in [3.05, 3.63) is 0 Å². The molecule has 3 N–H and O–H groups in total. The number of carbonyl (C=O) groups is 2. The quantitative estimate of drug-likeness (QED) is 0.403. The van der Waals surface area contributed by atoms with E-state index in [9.17, 15) is 19.8 Å². The summed E-state index contributed by atoms with van der Waals surface area (Å²) in [4.78, 5) is 21.3. The summed E-state index contributed by atoms with van der Waals surface area (Å²) >= 11 is 0. The number of halogens is 2. The van der Waals surface area contributed by atoms with Gasteiger partial charge in [-0.1, -0.05) is 13.8 Å². The van der Waals surface area contributed by atoms with E-state index in [-0.39, 0.29) is 120 Å². The number of nitrogens with one attached hydrogen (secondary N) is 1. The second-order valence-electron chi connectivity index (χ2n) is 3.96. The van der Waals surface area contributed by atoms with Gasteiger partial charge in [0.2, 0.25) is 5.91 Å². The zero-order valence-corrected chi connectivity index (χ0v) is 16.9. The average Bonchev–Trinajstić information content (AvgIpc) is 2.15. The largest absolute Gasteiger partial charge is 2.00 e. The van der Waals surface area contributed by atoms with Crippen LogP contribution in [0.3, 0.4) is 0 Å². The Morgan fingerprint density at radius 1 is 1.26 bits per heavy atom. The maximum absolute atomic E-state index is 11.2. The van der Waals surface area contributed by atoms with E-state index >= 15 is 0 Å². The summed E-state index contributed by atoms with van der Waals surface area (Å²) < 4.78 is 0. The predicted octanol–water partition coefficient (Wildman–Crippen LogP) is -9.13. The van der Waals surface area contributed by atoms with Crippen molar-refractivity contribution < 1.29 is 49.7 Å². The van der Waals surface area contributed by atoms with Crippen LogP contribution in [0.1, 0.15) is 20.3 Å². The zero-order valence-electron chi connectivity index (χ0n) is 11.0. The third kappa shape index (κ3) is 14.7. The van der Waals surface area contributed by atoms with Gasteiger partial charge < -0.3 is 50.2 Å². The Kier molecular flexibility index (Phi) is 28.2. The Bertz CT molecular complexity index is 257. The van der Waals surface area contributed by atoms with E-state index in [1.165, 1.54) is 13.8 Å². The van der Waals surface area contributed by atoms with Gasteiger partial charge in [0.25, 0.3) is 0 Å². The van der Waals surface area contributed by atoms with Gasteiger partial charge in [0.15, 0.2) is 0 Å². The van der Waals surface area contributed by atoms with Crippen LogP contribution >= 0.6 is 0 Å². The van der Waals surface area contributed by atoms with Crippen molar-refractivity contribution in [3.63, 3.8) is 0 Å². The minimum absolute atomic E-state index is 0. The third-order valence-electron chi connectivity index (χ3n) is 2.02. The van der Waals surface area contributed by atoms with E-state index in [0.717, 1.165) is 0 Å². The van der Waals surface area contributed by atoms with Crippen molar-refractivity contribution in [2.24, 2.45) is 5.41 Å². The molecule has 0 aliphatic carbocycles. The monoisotopic (exact) mass is 368 g/mol. The third-order valence-corrected chi connectivity index (χ3v) is 2.02. The van der Waals surface area contributed by atoms with Gasteiger partial charge >= 0.3 is 75.5 Å². The van der Waals surface area contributed by atoms with Crippen LogP contribution in [0, 0.1) is 5.41 Å². The van der Waals surface area contributed by atoms with Gasteiger partial charge in [-0.15, -0.1) is 0 Å². The fourth-order valence-corrected chi connectivity index (χ4v) is 0.826.